The third-order valence-corrected chi connectivity index (χ3v) is 4.74. The van der Waals surface area contributed by atoms with Crippen LogP contribution in [0.15, 0.2) is 24.3 Å². The van der Waals surface area contributed by atoms with Crippen molar-refractivity contribution in [3.05, 3.63) is 35.5 Å². The monoisotopic (exact) mass is 374 g/mol. The number of nitrogens with two attached hydrogens (primary N) is 1. The van der Waals surface area contributed by atoms with Gasteiger partial charge in [-0.05, 0) is 37.0 Å². The quantitative estimate of drug-likeness (QED) is 0.773. The molecule has 2 aromatic rings. The predicted molar refractivity (Wildman–Crippen MR) is 98.2 cm³/mol. The SMILES string of the molecule is Cc1nsc(N)c1C(=O)OCC(=O)Nc1ccccc1N1CCCC1=O. The van der Waals surface area contributed by atoms with E-state index in [0.717, 1.165) is 18.0 Å². The number of carbonyl (C=O) groups is 3. The lowest BCUT2D eigenvalue weighted by Gasteiger charge is -2.19. The van der Waals surface area contributed by atoms with Gasteiger partial charge in [0, 0.05) is 13.0 Å². The maximum atomic E-state index is 12.2. The average molecular weight is 374 g/mol. The van der Waals surface area contributed by atoms with E-state index in [1.807, 2.05) is 0 Å². The van der Waals surface area contributed by atoms with Crippen LogP contribution in [0, 0.1) is 6.92 Å². The Morgan fingerprint density at radius 1 is 1.38 bits per heavy atom. The van der Waals surface area contributed by atoms with Gasteiger partial charge in [-0.3, -0.25) is 9.59 Å². The van der Waals surface area contributed by atoms with Crippen LogP contribution in [0.2, 0.25) is 0 Å². The van der Waals surface area contributed by atoms with Crippen molar-refractivity contribution >= 4 is 45.7 Å². The molecule has 1 saturated heterocycles. The molecule has 8 nitrogen and oxygen atoms in total. The van der Waals surface area contributed by atoms with Gasteiger partial charge in [0.1, 0.15) is 10.6 Å². The van der Waals surface area contributed by atoms with E-state index >= 15 is 0 Å². The third-order valence-electron chi connectivity index (χ3n) is 3.97. The molecule has 1 fully saturated rings. The first kappa shape index (κ1) is 17.9. The summed E-state index contributed by atoms with van der Waals surface area (Å²) in [6, 6.07) is 7.02. The van der Waals surface area contributed by atoms with Crippen LogP contribution in [0.5, 0.6) is 0 Å². The summed E-state index contributed by atoms with van der Waals surface area (Å²) in [5.74, 6) is -1.17. The van der Waals surface area contributed by atoms with E-state index in [4.69, 9.17) is 10.5 Å². The highest BCUT2D eigenvalue weighted by Crippen LogP contribution is 2.29. The van der Waals surface area contributed by atoms with Gasteiger partial charge in [0.05, 0.1) is 17.1 Å². The Morgan fingerprint density at radius 3 is 2.81 bits per heavy atom. The van der Waals surface area contributed by atoms with Gasteiger partial charge < -0.3 is 20.7 Å². The first-order valence-corrected chi connectivity index (χ1v) is 8.83. The Hall–Kier alpha value is -2.94. The van der Waals surface area contributed by atoms with Crippen molar-refractivity contribution in [1.82, 2.24) is 4.37 Å². The molecule has 0 atom stereocenters. The van der Waals surface area contributed by atoms with Gasteiger partial charge in [0.15, 0.2) is 6.61 Å². The fourth-order valence-electron chi connectivity index (χ4n) is 2.74. The minimum absolute atomic E-state index is 0.0223. The van der Waals surface area contributed by atoms with E-state index in [9.17, 15) is 14.4 Å². The number of hydrogen-bond acceptors (Lipinski definition) is 7. The zero-order valence-corrected chi connectivity index (χ0v) is 15.0. The molecular formula is C17H18N4O4S. The summed E-state index contributed by atoms with van der Waals surface area (Å²) in [5.41, 5.74) is 7.48. The summed E-state index contributed by atoms with van der Waals surface area (Å²) in [6.45, 7) is 1.80. The van der Waals surface area contributed by atoms with Crippen molar-refractivity contribution in [2.24, 2.45) is 0 Å². The number of nitrogens with one attached hydrogen (secondary N) is 1. The Kier molecular flexibility index (Phi) is 5.17. The number of ether oxygens (including phenoxy) is 1. The van der Waals surface area contributed by atoms with E-state index < -0.39 is 18.5 Å². The number of para-hydroxylation sites is 2. The lowest BCUT2D eigenvalue weighted by molar-refractivity contribution is -0.119. The maximum absolute atomic E-state index is 12.2. The molecule has 0 aliphatic carbocycles. The number of amides is 2. The van der Waals surface area contributed by atoms with E-state index in [-0.39, 0.29) is 16.5 Å². The van der Waals surface area contributed by atoms with Gasteiger partial charge in [-0.15, -0.1) is 0 Å². The maximum Gasteiger partial charge on any atom is 0.343 e. The number of anilines is 3. The van der Waals surface area contributed by atoms with Crippen LogP contribution >= 0.6 is 11.5 Å². The Bertz CT molecular complexity index is 845. The Labute approximate surface area is 154 Å². The van der Waals surface area contributed by atoms with Gasteiger partial charge in [0.25, 0.3) is 5.91 Å². The van der Waals surface area contributed by atoms with Gasteiger partial charge >= 0.3 is 5.97 Å². The van der Waals surface area contributed by atoms with Crippen LogP contribution < -0.4 is 16.0 Å². The minimum Gasteiger partial charge on any atom is -0.452 e. The highest BCUT2D eigenvalue weighted by atomic mass is 32.1. The van der Waals surface area contributed by atoms with E-state index in [1.54, 1.807) is 36.1 Å². The van der Waals surface area contributed by atoms with Crippen molar-refractivity contribution in [2.45, 2.75) is 19.8 Å². The number of benzene rings is 1. The van der Waals surface area contributed by atoms with Crippen molar-refractivity contribution in [2.75, 3.05) is 29.1 Å². The molecule has 2 amide bonds. The van der Waals surface area contributed by atoms with E-state index in [2.05, 4.69) is 9.69 Å². The summed E-state index contributed by atoms with van der Waals surface area (Å²) >= 11 is 1.00. The smallest absolute Gasteiger partial charge is 0.343 e. The lowest BCUT2D eigenvalue weighted by Crippen LogP contribution is -2.27. The van der Waals surface area contributed by atoms with Crippen LogP contribution in [0.4, 0.5) is 16.4 Å². The average Bonchev–Trinajstić information content (AvgIpc) is 3.18. The Balaban J connectivity index is 1.64. The van der Waals surface area contributed by atoms with Crippen molar-refractivity contribution in [3.63, 3.8) is 0 Å². The second-order valence-electron chi connectivity index (χ2n) is 5.80. The summed E-state index contributed by atoms with van der Waals surface area (Å²) in [6.07, 6.45) is 1.28. The molecule has 1 aromatic carbocycles. The molecule has 0 spiro atoms. The molecular weight excluding hydrogens is 356 g/mol. The van der Waals surface area contributed by atoms with E-state index in [1.165, 1.54) is 0 Å². The molecule has 1 aromatic heterocycles. The van der Waals surface area contributed by atoms with Gasteiger partial charge in [-0.2, -0.15) is 4.37 Å². The number of aromatic nitrogens is 1. The molecule has 3 rings (SSSR count). The van der Waals surface area contributed by atoms with Crippen LogP contribution in [-0.4, -0.2) is 35.3 Å². The first-order valence-electron chi connectivity index (χ1n) is 8.05. The highest BCUT2D eigenvalue weighted by Gasteiger charge is 2.24. The van der Waals surface area contributed by atoms with Crippen molar-refractivity contribution in [1.29, 1.82) is 0 Å². The van der Waals surface area contributed by atoms with Crippen LogP contribution in [0.3, 0.4) is 0 Å². The molecule has 0 radical (unpaired) electrons. The van der Waals surface area contributed by atoms with Crippen molar-refractivity contribution in [3.8, 4) is 0 Å². The second-order valence-corrected chi connectivity index (χ2v) is 6.60. The lowest BCUT2D eigenvalue weighted by atomic mass is 10.2. The van der Waals surface area contributed by atoms with Crippen molar-refractivity contribution < 1.29 is 19.1 Å². The summed E-state index contributed by atoms with van der Waals surface area (Å²) in [7, 11) is 0. The normalized spacial score (nSPS) is 13.7. The fraction of sp³-hybridized carbons (Fsp3) is 0.294. The second kappa shape index (κ2) is 7.52. The third kappa shape index (κ3) is 3.67. The molecule has 136 valence electrons. The molecule has 9 heteroatoms. The minimum atomic E-state index is -0.688. The van der Waals surface area contributed by atoms with Gasteiger partial charge in [-0.1, -0.05) is 12.1 Å². The first-order chi connectivity index (χ1) is 12.5. The number of carbonyl (C=O) groups excluding carboxylic acids is 3. The van der Waals surface area contributed by atoms with Crippen LogP contribution in [-0.2, 0) is 14.3 Å². The van der Waals surface area contributed by atoms with Gasteiger partial charge in [0.2, 0.25) is 5.91 Å². The van der Waals surface area contributed by atoms with Crippen LogP contribution in [0.25, 0.3) is 0 Å². The number of hydrogen-bond donors (Lipinski definition) is 2. The number of nitrogen functional groups attached to an aromatic ring is 1. The molecule has 26 heavy (non-hydrogen) atoms. The standard InChI is InChI=1S/C17H18N4O4S/c1-10-15(16(18)26-20-10)17(24)25-9-13(22)19-11-5-2-3-6-12(11)21-8-4-7-14(21)23/h2-3,5-6H,4,7-9,18H2,1H3,(H,19,22). The number of rotatable bonds is 5. The molecule has 0 unspecified atom stereocenters. The summed E-state index contributed by atoms with van der Waals surface area (Å²) in [5, 5.41) is 2.94. The molecule has 3 N–H and O–H groups in total. The van der Waals surface area contributed by atoms with Crippen LogP contribution in [0.1, 0.15) is 28.9 Å². The van der Waals surface area contributed by atoms with Gasteiger partial charge in [-0.25, -0.2) is 4.79 Å². The zero-order valence-electron chi connectivity index (χ0n) is 14.2. The predicted octanol–water partition coefficient (Wildman–Crippen LogP) is 1.96. The zero-order chi connectivity index (χ0) is 18.7. The molecule has 1 aliphatic heterocycles. The number of aryl methyl sites for hydroxylation is 1. The number of nitrogens with zero attached hydrogens (tertiary/aromatic N) is 2. The molecule has 0 bridgehead atoms. The molecule has 0 saturated carbocycles. The highest BCUT2D eigenvalue weighted by molar-refractivity contribution is 7.10. The fourth-order valence-corrected chi connectivity index (χ4v) is 3.39. The molecule has 2 heterocycles. The Morgan fingerprint density at radius 2 is 2.15 bits per heavy atom. The topological polar surface area (TPSA) is 115 Å². The molecule has 1 aliphatic rings. The number of esters is 1. The summed E-state index contributed by atoms with van der Waals surface area (Å²) < 4.78 is 9.00. The summed E-state index contributed by atoms with van der Waals surface area (Å²) in [4.78, 5) is 37.8. The van der Waals surface area contributed by atoms with E-state index in [0.29, 0.717) is 30.0 Å². The largest absolute Gasteiger partial charge is 0.452 e.